The van der Waals surface area contributed by atoms with Crippen molar-refractivity contribution < 1.29 is 9.59 Å². The van der Waals surface area contributed by atoms with Crippen molar-refractivity contribution in [3.05, 3.63) is 24.4 Å². The lowest BCUT2D eigenvalue weighted by molar-refractivity contribution is -0.136. The van der Waals surface area contributed by atoms with Crippen molar-refractivity contribution in [1.29, 1.82) is 0 Å². The molecule has 0 aromatic carbocycles. The number of fused-ring (bicyclic) bond motifs is 2. The Morgan fingerprint density at radius 2 is 2.00 bits per heavy atom. The van der Waals surface area contributed by atoms with E-state index >= 15 is 0 Å². The molecule has 4 rings (SSSR count). The van der Waals surface area contributed by atoms with Gasteiger partial charge in [-0.1, -0.05) is 6.07 Å². The first-order chi connectivity index (χ1) is 11.6. The first-order valence-electron chi connectivity index (χ1n) is 8.85. The maximum atomic E-state index is 13.0. The van der Waals surface area contributed by atoms with Crippen LogP contribution < -0.4 is 4.90 Å². The quantitative estimate of drug-likeness (QED) is 0.817. The number of pyridine rings is 1. The van der Waals surface area contributed by atoms with Crippen molar-refractivity contribution in [2.75, 3.05) is 31.6 Å². The SMILES string of the molecule is CN1C2CCC1CN(C(=O)C1CC(=O)N(c3ccccn3)C1)CC2. The summed E-state index contributed by atoms with van der Waals surface area (Å²) >= 11 is 0. The summed E-state index contributed by atoms with van der Waals surface area (Å²) in [6.45, 7) is 2.08. The van der Waals surface area contributed by atoms with Gasteiger partial charge in [-0.3, -0.25) is 19.4 Å². The van der Waals surface area contributed by atoms with E-state index in [0.29, 0.717) is 30.9 Å². The lowest BCUT2D eigenvalue weighted by atomic mass is 10.0. The molecule has 0 saturated carbocycles. The highest BCUT2D eigenvalue weighted by atomic mass is 16.2. The molecule has 6 nitrogen and oxygen atoms in total. The minimum atomic E-state index is -0.235. The second kappa shape index (κ2) is 6.16. The number of carbonyl (C=O) groups is 2. The highest BCUT2D eigenvalue weighted by Crippen LogP contribution is 2.30. The highest BCUT2D eigenvalue weighted by Gasteiger charge is 2.41. The van der Waals surface area contributed by atoms with E-state index in [4.69, 9.17) is 0 Å². The van der Waals surface area contributed by atoms with Crippen LogP contribution >= 0.6 is 0 Å². The molecule has 2 bridgehead atoms. The summed E-state index contributed by atoms with van der Waals surface area (Å²) in [6.07, 6.45) is 5.45. The Bertz CT molecular complexity index is 635. The predicted octanol–water partition coefficient (Wildman–Crippen LogP) is 1.13. The van der Waals surface area contributed by atoms with Gasteiger partial charge >= 0.3 is 0 Å². The Morgan fingerprint density at radius 1 is 1.17 bits per heavy atom. The lowest BCUT2D eigenvalue weighted by Crippen LogP contribution is -2.43. The van der Waals surface area contributed by atoms with Crippen LogP contribution in [0.4, 0.5) is 5.82 Å². The van der Waals surface area contributed by atoms with E-state index in [2.05, 4.69) is 16.9 Å². The van der Waals surface area contributed by atoms with Gasteiger partial charge in [-0.05, 0) is 38.4 Å². The highest BCUT2D eigenvalue weighted by molar-refractivity contribution is 5.99. The third-order valence-electron chi connectivity index (χ3n) is 5.86. The molecule has 3 fully saturated rings. The lowest BCUT2D eigenvalue weighted by Gasteiger charge is -2.27. The summed E-state index contributed by atoms with van der Waals surface area (Å²) in [5.74, 6) is 0.553. The number of anilines is 1. The molecule has 4 heterocycles. The van der Waals surface area contributed by atoms with Gasteiger partial charge in [0.15, 0.2) is 0 Å². The maximum Gasteiger partial charge on any atom is 0.229 e. The zero-order valence-electron chi connectivity index (χ0n) is 14.1. The van der Waals surface area contributed by atoms with E-state index in [9.17, 15) is 9.59 Å². The molecular weight excluding hydrogens is 304 g/mol. The van der Waals surface area contributed by atoms with Crippen molar-refractivity contribution in [1.82, 2.24) is 14.8 Å². The number of hydrogen-bond donors (Lipinski definition) is 0. The number of likely N-dealkylation sites (N-methyl/N-ethyl adjacent to an activating group) is 1. The minimum absolute atomic E-state index is 0.000473. The maximum absolute atomic E-state index is 13.0. The van der Waals surface area contributed by atoms with Crippen molar-refractivity contribution in [3.8, 4) is 0 Å². The second-order valence-electron chi connectivity index (χ2n) is 7.22. The fourth-order valence-corrected chi connectivity index (χ4v) is 4.37. The van der Waals surface area contributed by atoms with Gasteiger partial charge in [0.05, 0.1) is 5.92 Å². The molecule has 3 atom stereocenters. The molecule has 3 unspecified atom stereocenters. The summed E-state index contributed by atoms with van der Waals surface area (Å²) in [6, 6.07) is 6.61. The molecule has 128 valence electrons. The van der Waals surface area contributed by atoms with Crippen LogP contribution in [0.5, 0.6) is 0 Å². The zero-order chi connectivity index (χ0) is 16.7. The molecule has 6 heteroatoms. The number of aromatic nitrogens is 1. The summed E-state index contributed by atoms with van der Waals surface area (Å²) in [7, 11) is 2.18. The van der Waals surface area contributed by atoms with Gasteiger partial charge in [-0.2, -0.15) is 0 Å². The average molecular weight is 328 g/mol. The topological polar surface area (TPSA) is 56.8 Å². The van der Waals surface area contributed by atoms with Crippen LogP contribution in [0.15, 0.2) is 24.4 Å². The third-order valence-corrected chi connectivity index (χ3v) is 5.86. The van der Waals surface area contributed by atoms with Gasteiger partial charge in [0.25, 0.3) is 0 Å². The Morgan fingerprint density at radius 3 is 2.79 bits per heavy atom. The zero-order valence-corrected chi connectivity index (χ0v) is 14.1. The Kier molecular flexibility index (Phi) is 4.00. The first-order valence-corrected chi connectivity index (χ1v) is 8.85. The molecule has 0 spiro atoms. The van der Waals surface area contributed by atoms with Gasteiger partial charge in [0.2, 0.25) is 11.8 Å². The number of carbonyl (C=O) groups excluding carboxylic acids is 2. The van der Waals surface area contributed by atoms with Crippen LogP contribution in [-0.4, -0.2) is 65.4 Å². The molecule has 1 aromatic heterocycles. The van der Waals surface area contributed by atoms with Gasteiger partial charge in [0, 0.05) is 44.3 Å². The van der Waals surface area contributed by atoms with E-state index in [0.717, 1.165) is 19.5 Å². The van der Waals surface area contributed by atoms with E-state index in [1.165, 1.54) is 12.8 Å². The van der Waals surface area contributed by atoms with Crippen LogP contribution in [0.25, 0.3) is 0 Å². The largest absolute Gasteiger partial charge is 0.341 e. The van der Waals surface area contributed by atoms with Crippen LogP contribution in [0.3, 0.4) is 0 Å². The average Bonchev–Trinajstić information content (AvgIpc) is 3.08. The molecule has 3 saturated heterocycles. The minimum Gasteiger partial charge on any atom is -0.341 e. The summed E-state index contributed by atoms with van der Waals surface area (Å²) in [5.41, 5.74) is 0. The van der Waals surface area contributed by atoms with Gasteiger partial charge < -0.3 is 4.90 Å². The van der Waals surface area contributed by atoms with E-state index in [-0.39, 0.29) is 17.7 Å². The van der Waals surface area contributed by atoms with E-state index in [1.54, 1.807) is 11.1 Å². The number of amides is 2. The van der Waals surface area contributed by atoms with Gasteiger partial charge in [0.1, 0.15) is 5.82 Å². The standard InChI is InChI=1S/C18H24N4O2/c1-20-14-5-6-15(20)12-21(9-7-14)18(24)13-10-17(23)22(11-13)16-4-2-3-8-19-16/h2-4,8,13-15H,5-7,9-12H2,1H3. The molecule has 3 aliphatic heterocycles. The number of nitrogens with zero attached hydrogens (tertiary/aromatic N) is 4. The second-order valence-corrected chi connectivity index (χ2v) is 7.22. The molecule has 2 amide bonds. The van der Waals surface area contributed by atoms with Crippen LogP contribution in [0.2, 0.25) is 0 Å². The summed E-state index contributed by atoms with van der Waals surface area (Å²) in [4.78, 5) is 35.6. The Labute approximate surface area is 142 Å². The van der Waals surface area contributed by atoms with E-state index < -0.39 is 0 Å². The fourth-order valence-electron chi connectivity index (χ4n) is 4.37. The Balaban J connectivity index is 1.45. The monoisotopic (exact) mass is 328 g/mol. The Hall–Kier alpha value is -1.95. The fraction of sp³-hybridized carbons (Fsp3) is 0.611. The molecule has 0 N–H and O–H groups in total. The molecule has 24 heavy (non-hydrogen) atoms. The molecule has 0 aliphatic carbocycles. The number of hydrogen-bond acceptors (Lipinski definition) is 4. The predicted molar refractivity (Wildman–Crippen MR) is 90.5 cm³/mol. The third kappa shape index (κ3) is 2.69. The van der Waals surface area contributed by atoms with Crippen LogP contribution in [0, 0.1) is 5.92 Å². The number of likely N-dealkylation sites (tertiary alicyclic amines) is 1. The smallest absolute Gasteiger partial charge is 0.229 e. The van der Waals surface area contributed by atoms with Gasteiger partial charge in [-0.15, -0.1) is 0 Å². The normalized spacial score (nSPS) is 30.7. The van der Waals surface area contributed by atoms with Crippen molar-refractivity contribution in [2.24, 2.45) is 5.92 Å². The number of rotatable bonds is 2. The summed E-state index contributed by atoms with van der Waals surface area (Å²) < 4.78 is 0. The van der Waals surface area contributed by atoms with Crippen molar-refractivity contribution in [2.45, 2.75) is 37.8 Å². The summed E-state index contributed by atoms with van der Waals surface area (Å²) in [5, 5.41) is 0. The molecular formula is C18H24N4O2. The van der Waals surface area contributed by atoms with Gasteiger partial charge in [-0.25, -0.2) is 4.98 Å². The van der Waals surface area contributed by atoms with E-state index in [1.807, 2.05) is 23.1 Å². The van der Waals surface area contributed by atoms with Crippen LogP contribution in [0.1, 0.15) is 25.7 Å². The molecule has 3 aliphatic rings. The molecule has 1 aromatic rings. The van der Waals surface area contributed by atoms with Crippen molar-refractivity contribution >= 4 is 17.6 Å². The van der Waals surface area contributed by atoms with Crippen LogP contribution in [-0.2, 0) is 9.59 Å². The first kappa shape index (κ1) is 15.6. The van der Waals surface area contributed by atoms with Crippen molar-refractivity contribution in [3.63, 3.8) is 0 Å². The molecule has 0 radical (unpaired) electrons.